The van der Waals surface area contributed by atoms with Crippen LogP contribution in [0.3, 0.4) is 0 Å². The van der Waals surface area contributed by atoms with Gasteiger partial charge in [-0.05, 0) is 167 Å². The van der Waals surface area contributed by atoms with E-state index in [0.717, 1.165) is 180 Å². The van der Waals surface area contributed by atoms with E-state index in [4.69, 9.17) is 37.0 Å². The number of carbonyl (C=O) groups excluding carboxylic acids is 4. The number of aliphatic hydroxyl groups excluding tert-OH is 1. The number of phosphoric ester groups is 2. The summed E-state index contributed by atoms with van der Waals surface area (Å²) < 4.78 is 68.6. The number of aliphatic hydroxyl groups is 1. The third-order valence-corrected chi connectivity index (χ3v) is 18.7. The molecule has 0 aromatic carbocycles. The third kappa shape index (κ3) is 77.1. The van der Waals surface area contributed by atoms with Crippen molar-refractivity contribution in [3.05, 3.63) is 146 Å². The predicted octanol–water partition coefficient (Wildman–Crippen LogP) is 24.2. The van der Waals surface area contributed by atoms with Gasteiger partial charge in [0.2, 0.25) is 0 Å². The van der Waals surface area contributed by atoms with Gasteiger partial charge in [0.15, 0.2) is 12.2 Å². The van der Waals surface area contributed by atoms with Crippen LogP contribution in [0.25, 0.3) is 0 Å². The lowest BCUT2D eigenvalue weighted by Gasteiger charge is -2.21. The van der Waals surface area contributed by atoms with Crippen LogP contribution in [0.5, 0.6) is 0 Å². The molecule has 0 aromatic heterocycles. The van der Waals surface area contributed by atoms with E-state index in [-0.39, 0.29) is 25.7 Å². The monoisotopic (exact) mass is 1530 g/mol. The van der Waals surface area contributed by atoms with Crippen LogP contribution in [0.1, 0.15) is 323 Å². The van der Waals surface area contributed by atoms with Gasteiger partial charge in [0.1, 0.15) is 19.3 Å². The molecule has 0 aromatic rings. The summed E-state index contributed by atoms with van der Waals surface area (Å²) in [7, 11) is -9.99. The van der Waals surface area contributed by atoms with E-state index < -0.39 is 97.5 Å². The van der Waals surface area contributed by atoms with E-state index in [2.05, 4.69) is 174 Å². The number of esters is 4. The molecule has 0 rings (SSSR count). The minimum absolute atomic E-state index is 0.0434. The molecule has 0 amide bonds. The Morgan fingerprint density at radius 2 is 0.491 bits per heavy atom. The third-order valence-electron chi connectivity index (χ3n) is 16.8. The van der Waals surface area contributed by atoms with Gasteiger partial charge >= 0.3 is 39.5 Å². The topological polar surface area (TPSA) is 237 Å². The first-order chi connectivity index (χ1) is 51.7. The number of allylic oxidation sites excluding steroid dienone is 24. The van der Waals surface area contributed by atoms with Crippen molar-refractivity contribution >= 4 is 39.5 Å². The molecule has 0 aliphatic rings. The standard InChI is InChI=1S/C87H146O17P2/c1-5-9-13-17-21-25-29-33-36-38-40-42-45-49-52-56-60-64-68-72-85(90)98-78-83(104-87(92)74-70-66-62-58-54-50-46-43-41-39-37-34-30-26-22-18-14-10-6-2)80-102-106(95,96)100-76-81(88)75-99-105(93,94)101-79-82(103-86(91)73-69-65-61-57-53-47-32-28-24-20-16-12-8-4)77-97-84(89)71-67-63-59-55-51-48-44-35-31-27-23-19-15-11-7-3/h9-10,13-14,21-22,25-28,31-34,36-37,40-43,49-50,52,54,81-83,88H,5-8,11-12,15-20,23-24,29-30,35,38-39,44-48,51,53,55-80H2,1-4H3,(H,93,94)(H,95,96)/b13-9-,14-10-,25-21-,26-22-,31-27-,32-28-,36-33-,37-34-,42-40-,43-41-,52-49-,54-50-/t81-,82+,83+/m0/s1. The average Bonchev–Trinajstić information content (AvgIpc) is 0.903. The van der Waals surface area contributed by atoms with Crippen LogP contribution < -0.4 is 0 Å². The Balaban J connectivity index is 5.45. The summed E-state index contributed by atoms with van der Waals surface area (Å²) in [5.41, 5.74) is 0. The second kappa shape index (κ2) is 78.1. The average molecular weight is 1530 g/mol. The van der Waals surface area contributed by atoms with Crippen molar-refractivity contribution in [1.82, 2.24) is 0 Å². The highest BCUT2D eigenvalue weighted by Gasteiger charge is 2.30. The van der Waals surface area contributed by atoms with E-state index in [9.17, 15) is 43.2 Å². The van der Waals surface area contributed by atoms with E-state index in [0.29, 0.717) is 25.7 Å². The molecule has 2 unspecified atom stereocenters. The normalized spacial score (nSPS) is 14.6. The van der Waals surface area contributed by atoms with Crippen LogP contribution in [0, 0.1) is 0 Å². The smallest absolute Gasteiger partial charge is 0.462 e. The molecule has 0 aliphatic carbocycles. The van der Waals surface area contributed by atoms with Crippen molar-refractivity contribution in [3.8, 4) is 0 Å². The Bertz CT molecular complexity index is 2580. The van der Waals surface area contributed by atoms with Crippen molar-refractivity contribution in [3.63, 3.8) is 0 Å². The molecule has 0 bridgehead atoms. The van der Waals surface area contributed by atoms with Crippen molar-refractivity contribution in [2.24, 2.45) is 0 Å². The summed E-state index contributed by atoms with van der Waals surface area (Å²) in [6.45, 7) is 4.55. The lowest BCUT2D eigenvalue weighted by atomic mass is 10.1. The Kier molecular flexibility index (Phi) is 74.3. The van der Waals surface area contributed by atoms with Crippen LogP contribution >= 0.6 is 15.6 Å². The van der Waals surface area contributed by atoms with Crippen LogP contribution in [-0.2, 0) is 65.4 Å². The summed E-state index contributed by atoms with van der Waals surface area (Å²) in [5.74, 6) is -2.26. The van der Waals surface area contributed by atoms with Crippen molar-refractivity contribution in [2.75, 3.05) is 39.6 Å². The first-order valence-corrected chi connectivity index (χ1v) is 44.1. The second-order valence-electron chi connectivity index (χ2n) is 26.9. The van der Waals surface area contributed by atoms with Crippen LogP contribution in [0.2, 0.25) is 0 Å². The SMILES string of the molecule is CC/C=C\C/C=C\C/C=C\C/C=C\C/C=C\CCCCCC(=O)OC[C@H](COP(=O)(O)OC[C@@H](O)COP(=O)(O)OC[C@@H](COC(=O)CCCCCCCCC/C=C\CCCCCC)OC(=O)CCCCCCC/C=C\CCCCCC)OC(=O)CCCCC/C=C\C/C=C\C/C=C\C/C=C\C/C=C\CC. The fourth-order valence-electron chi connectivity index (χ4n) is 10.6. The quantitative estimate of drug-likeness (QED) is 0.0169. The number of ether oxygens (including phenoxy) is 4. The Morgan fingerprint density at radius 1 is 0.274 bits per heavy atom. The zero-order valence-electron chi connectivity index (χ0n) is 66.3. The molecule has 0 radical (unpaired) electrons. The summed E-state index contributed by atoms with van der Waals surface area (Å²) in [6.07, 6.45) is 89.6. The van der Waals surface area contributed by atoms with Crippen LogP contribution in [0.4, 0.5) is 0 Å². The molecule has 0 saturated heterocycles. The molecule has 5 atom stereocenters. The molecule has 17 nitrogen and oxygen atoms in total. The van der Waals surface area contributed by atoms with Crippen LogP contribution in [0.15, 0.2) is 146 Å². The molecule has 3 N–H and O–H groups in total. The van der Waals surface area contributed by atoms with Gasteiger partial charge in [-0.3, -0.25) is 37.3 Å². The van der Waals surface area contributed by atoms with Gasteiger partial charge in [0.25, 0.3) is 0 Å². The van der Waals surface area contributed by atoms with Gasteiger partial charge in [0.05, 0.1) is 26.4 Å². The number of unbranched alkanes of at least 4 members (excludes halogenated alkanes) is 26. The highest BCUT2D eigenvalue weighted by molar-refractivity contribution is 7.47. The molecular formula is C87H146O17P2. The van der Waals surface area contributed by atoms with Gasteiger partial charge < -0.3 is 33.8 Å². The van der Waals surface area contributed by atoms with Gasteiger partial charge in [-0.1, -0.05) is 276 Å². The molecule has 0 spiro atoms. The maximum Gasteiger partial charge on any atom is 0.472 e. The zero-order valence-corrected chi connectivity index (χ0v) is 68.1. The van der Waals surface area contributed by atoms with E-state index in [1.54, 1.807) is 0 Å². The van der Waals surface area contributed by atoms with Crippen molar-refractivity contribution in [2.45, 2.75) is 341 Å². The first kappa shape index (κ1) is 101. The number of hydrogen-bond donors (Lipinski definition) is 3. The minimum Gasteiger partial charge on any atom is -0.462 e. The minimum atomic E-state index is -5.00. The lowest BCUT2D eigenvalue weighted by Crippen LogP contribution is -2.30. The molecule has 606 valence electrons. The van der Waals surface area contributed by atoms with Gasteiger partial charge in [0, 0.05) is 25.7 Å². The molecule has 0 fully saturated rings. The molecule has 19 heteroatoms. The fraction of sp³-hybridized carbons (Fsp3) is 0.678. The Morgan fingerprint density at radius 3 is 0.774 bits per heavy atom. The summed E-state index contributed by atoms with van der Waals surface area (Å²) in [5, 5.41) is 10.7. The summed E-state index contributed by atoms with van der Waals surface area (Å²) >= 11 is 0. The van der Waals surface area contributed by atoms with Crippen molar-refractivity contribution in [1.29, 1.82) is 0 Å². The maximum absolute atomic E-state index is 13.1. The van der Waals surface area contributed by atoms with Gasteiger partial charge in [-0.25, -0.2) is 9.13 Å². The van der Waals surface area contributed by atoms with E-state index in [1.807, 2.05) is 0 Å². The second-order valence-corrected chi connectivity index (χ2v) is 29.8. The molecular weight excluding hydrogens is 1380 g/mol. The lowest BCUT2D eigenvalue weighted by molar-refractivity contribution is -0.161. The Hall–Kier alpha value is -5.06. The van der Waals surface area contributed by atoms with Crippen LogP contribution in [-0.4, -0.2) is 96.7 Å². The van der Waals surface area contributed by atoms with Gasteiger partial charge in [-0.2, -0.15) is 0 Å². The maximum atomic E-state index is 13.1. The Labute approximate surface area is 643 Å². The molecule has 106 heavy (non-hydrogen) atoms. The highest BCUT2D eigenvalue weighted by atomic mass is 31.2. The van der Waals surface area contributed by atoms with Crippen molar-refractivity contribution < 1.29 is 80.2 Å². The van der Waals surface area contributed by atoms with Gasteiger partial charge in [-0.15, -0.1) is 0 Å². The molecule has 0 saturated carbocycles. The number of carbonyl (C=O) groups is 4. The summed E-state index contributed by atoms with van der Waals surface area (Å²) in [6, 6.07) is 0. The van der Waals surface area contributed by atoms with E-state index in [1.165, 1.54) is 64.2 Å². The molecule has 0 heterocycles. The zero-order chi connectivity index (χ0) is 77.4. The number of hydrogen-bond acceptors (Lipinski definition) is 15. The number of phosphoric acid groups is 2. The highest BCUT2D eigenvalue weighted by Crippen LogP contribution is 2.45. The fourth-order valence-corrected chi connectivity index (χ4v) is 12.1. The van der Waals surface area contributed by atoms with E-state index >= 15 is 0 Å². The first-order valence-electron chi connectivity index (χ1n) is 41.1. The predicted molar refractivity (Wildman–Crippen MR) is 436 cm³/mol. The number of rotatable bonds is 76. The molecule has 0 aliphatic heterocycles. The largest absolute Gasteiger partial charge is 0.472 e. The summed E-state index contributed by atoms with van der Waals surface area (Å²) in [4.78, 5) is 73.1.